The summed E-state index contributed by atoms with van der Waals surface area (Å²) in [6.07, 6.45) is 1.33. The number of fused-ring (bicyclic) bond motifs is 2. The van der Waals surface area contributed by atoms with E-state index < -0.39 is 0 Å². The summed E-state index contributed by atoms with van der Waals surface area (Å²) in [5.41, 5.74) is 1.46. The molecule has 2 aliphatic heterocycles. The van der Waals surface area contributed by atoms with Crippen LogP contribution in [-0.4, -0.2) is 17.7 Å². The second-order valence-electron chi connectivity index (χ2n) is 6.38. The fourth-order valence-corrected chi connectivity index (χ4v) is 4.87. The van der Waals surface area contributed by atoms with Crippen molar-refractivity contribution in [3.05, 3.63) is 34.2 Å². The first-order valence-electron chi connectivity index (χ1n) is 7.16. The molecule has 0 radical (unpaired) electrons. The van der Waals surface area contributed by atoms with Crippen molar-refractivity contribution in [2.75, 3.05) is 13.1 Å². The Morgan fingerprint density at radius 2 is 2.22 bits per heavy atom. The molecule has 5 atom stereocenters. The van der Waals surface area contributed by atoms with Crippen LogP contribution in [0.4, 0.5) is 0 Å². The molecule has 4 bridgehead atoms. The lowest BCUT2D eigenvalue weighted by atomic mass is 9.74. The van der Waals surface area contributed by atoms with Crippen LogP contribution in [0.5, 0.6) is 0 Å². The number of nitrogens with zero attached hydrogens (tertiary/aromatic N) is 1. The summed E-state index contributed by atoms with van der Waals surface area (Å²) in [7, 11) is 0. The quantitative estimate of drug-likeness (QED) is 0.749. The van der Waals surface area contributed by atoms with E-state index in [4.69, 9.17) is 0 Å². The average Bonchev–Trinajstić information content (AvgIpc) is 2.58. The molecule has 5 unspecified atom stereocenters. The van der Waals surface area contributed by atoms with Gasteiger partial charge >= 0.3 is 0 Å². The Morgan fingerprint density at radius 3 is 3.11 bits per heavy atom. The zero-order valence-electron chi connectivity index (χ0n) is 10.8. The molecule has 0 amide bonds. The lowest BCUT2D eigenvalue weighted by molar-refractivity contribution is 0.197. The van der Waals surface area contributed by atoms with Crippen molar-refractivity contribution in [1.82, 2.24) is 9.88 Å². The van der Waals surface area contributed by atoms with E-state index in [1.165, 1.54) is 12.1 Å². The van der Waals surface area contributed by atoms with Gasteiger partial charge in [-0.15, -0.1) is 0 Å². The SMILES string of the molecule is CC1CC2CNCC3c4cccc(=O)n4CC2C13. The van der Waals surface area contributed by atoms with Gasteiger partial charge in [0.2, 0.25) is 0 Å². The van der Waals surface area contributed by atoms with E-state index in [1.54, 1.807) is 6.07 Å². The molecule has 96 valence electrons. The summed E-state index contributed by atoms with van der Waals surface area (Å²) in [6, 6.07) is 5.80. The third-order valence-corrected chi connectivity index (χ3v) is 5.52. The van der Waals surface area contributed by atoms with E-state index in [0.717, 1.165) is 37.4 Å². The van der Waals surface area contributed by atoms with Crippen molar-refractivity contribution in [2.45, 2.75) is 25.8 Å². The molecule has 3 heterocycles. The average molecular weight is 244 g/mol. The molecule has 3 aliphatic rings. The van der Waals surface area contributed by atoms with Gasteiger partial charge in [0.25, 0.3) is 5.56 Å². The van der Waals surface area contributed by atoms with Gasteiger partial charge in [0.05, 0.1) is 0 Å². The smallest absolute Gasteiger partial charge is 0.250 e. The molecule has 3 nitrogen and oxygen atoms in total. The topological polar surface area (TPSA) is 34.0 Å². The summed E-state index contributed by atoms with van der Waals surface area (Å²) in [6.45, 7) is 5.55. The van der Waals surface area contributed by atoms with Crippen LogP contribution < -0.4 is 10.9 Å². The second kappa shape index (κ2) is 3.70. The highest BCUT2D eigenvalue weighted by atomic mass is 16.1. The Morgan fingerprint density at radius 1 is 1.33 bits per heavy atom. The molecule has 1 aromatic heterocycles. The first-order chi connectivity index (χ1) is 8.75. The van der Waals surface area contributed by atoms with E-state index in [0.29, 0.717) is 11.8 Å². The van der Waals surface area contributed by atoms with Gasteiger partial charge < -0.3 is 9.88 Å². The number of nitrogens with one attached hydrogen (secondary N) is 1. The molecular weight excluding hydrogens is 224 g/mol. The molecule has 18 heavy (non-hydrogen) atoms. The van der Waals surface area contributed by atoms with Gasteiger partial charge in [-0.05, 0) is 42.7 Å². The van der Waals surface area contributed by atoms with E-state index in [-0.39, 0.29) is 5.56 Å². The molecule has 1 N–H and O–H groups in total. The Balaban J connectivity index is 1.90. The first kappa shape index (κ1) is 10.8. The van der Waals surface area contributed by atoms with E-state index in [1.807, 2.05) is 10.6 Å². The number of aromatic nitrogens is 1. The van der Waals surface area contributed by atoms with Crippen LogP contribution in [-0.2, 0) is 6.54 Å². The van der Waals surface area contributed by atoms with Crippen molar-refractivity contribution in [1.29, 1.82) is 0 Å². The Hall–Kier alpha value is -1.09. The van der Waals surface area contributed by atoms with Crippen LogP contribution in [0.2, 0.25) is 0 Å². The molecule has 1 saturated carbocycles. The molecule has 3 heteroatoms. The second-order valence-corrected chi connectivity index (χ2v) is 6.38. The number of hydrogen-bond acceptors (Lipinski definition) is 2. The highest BCUT2D eigenvalue weighted by Gasteiger charge is 2.49. The Kier molecular flexibility index (Phi) is 2.22. The molecule has 4 rings (SSSR count). The number of rotatable bonds is 0. The van der Waals surface area contributed by atoms with Crippen LogP contribution >= 0.6 is 0 Å². The van der Waals surface area contributed by atoms with E-state index >= 15 is 0 Å². The molecule has 1 saturated heterocycles. The van der Waals surface area contributed by atoms with Crippen LogP contribution in [0.15, 0.2) is 23.0 Å². The lowest BCUT2D eigenvalue weighted by Gasteiger charge is -2.38. The molecular formula is C15H20N2O. The molecule has 0 aromatic carbocycles. The van der Waals surface area contributed by atoms with Crippen molar-refractivity contribution in [3.63, 3.8) is 0 Å². The summed E-state index contributed by atoms with van der Waals surface area (Å²) < 4.78 is 2.05. The molecule has 1 aliphatic carbocycles. The fraction of sp³-hybridized carbons (Fsp3) is 0.667. The minimum absolute atomic E-state index is 0.191. The van der Waals surface area contributed by atoms with Crippen molar-refractivity contribution in [3.8, 4) is 0 Å². The maximum absolute atomic E-state index is 12.1. The van der Waals surface area contributed by atoms with Gasteiger partial charge in [-0.3, -0.25) is 4.79 Å². The van der Waals surface area contributed by atoms with Gasteiger partial charge in [0.15, 0.2) is 0 Å². The van der Waals surface area contributed by atoms with E-state index in [9.17, 15) is 4.79 Å². The van der Waals surface area contributed by atoms with E-state index in [2.05, 4.69) is 18.3 Å². The summed E-state index contributed by atoms with van der Waals surface area (Å²) in [5, 5.41) is 3.62. The largest absolute Gasteiger partial charge is 0.316 e. The van der Waals surface area contributed by atoms with Gasteiger partial charge in [0, 0.05) is 30.8 Å². The summed E-state index contributed by atoms with van der Waals surface area (Å²) >= 11 is 0. The predicted molar refractivity (Wildman–Crippen MR) is 70.6 cm³/mol. The fourth-order valence-electron chi connectivity index (χ4n) is 4.87. The third-order valence-electron chi connectivity index (χ3n) is 5.52. The van der Waals surface area contributed by atoms with Gasteiger partial charge in [0.1, 0.15) is 0 Å². The lowest BCUT2D eigenvalue weighted by Crippen LogP contribution is -2.40. The van der Waals surface area contributed by atoms with Crippen molar-refractivity contribution >= 4 is 0 Å². The Labute approximate surface area is 107 Å². The predicted octanol–water partition coefficient (Wildman–Crippen LogP) is 1.44. The van der Waals surface area contributed by atoms with Crippen molar-refractivity contribution < 1.29 is 0 Å². The molecule has 0 spiro atoms. The first-order valence-corrected chi connectivity index (χ1v) is 7.16. The van der Waals surface area contributed by atoms with Crippen LogP contribution in [0.25, 0.3) is 0 Å². The summed E-state index contributed by atoms with van der Waals surface area (Å²) in [4.78, 5) is 12.1. The standard InChI is InChI=1S/C15H20N2O/c1-9-5-10-6-16-7-11-13-3-2-4-14(18)17(13)8-12(10)15(9)11/h2-4,9-12,15-16H,5-8H2,1H3. The monoisotopic (exact) mass is 244 g/mol. The minimum atomic E-state index is 0.191. The van der Waals surface area contributed by atoms with Gasteiger partial charge in [-0.1, -0.05) is 13.0 Å². The maximum atomic E-state index is 12.1. The van der Waals surface area contributed by atoms with Crippen LogP contribution in [0.3, 0.4) is 0 Å². The number of hydrogen-bond donors (Lipinski definition) is 1. The zero-order valence-corrected chi connectivity index (χ0v) is 10.8. The third kappa shape index (κ3) is 1.31. The van der Waals surface area contributed by atoms with Crippen molar-refractivity contribution in [2.24, 2.45) is 23.7 Å². The zero-order chi connectivity index (χ0) is 12.3. The molecule has 2 fully saturated rings. The summed E-state index contributed by atoms with van der Waals surface area (Å²) in [5.74, 6) is 3.63. The van der Waals surface area contributed by atoms with Crippen LogP contribution in [0, 0.1) is 23.7 Å². The maximum Gasteiger partial charge on any atom is 0.250 e. The number of pyridine rings is 1. The van der Waals surface area contributed by atoms with Crippen LogP contribution in [0.1, 0.15) is 25.0 Å². The van der Waals surface area contributed by atoms with Gasteiger partial charge in [-0.2, -0.15) is 0 Å². The minimum Gasteiger partial charge on any atom is -0.316 e. The van der Waals surface area contributed by atoms with Gasteiger partial charge in [-0.25, -0.2) is 0 Å². The highest BCUT2D eigenvalue weighted by molar-refractivity contribution is 5.20. The normalized spacial score (nSPS) is 41.3. The molecule has 1 aromatic rings. The Bertz CT molecular complexity index is 536. The highest BCUT2D eigenvalue weighted by Crippen LogP contribution is 2.52.